The van der Waals surface area contributed by atoms with Gasteiger partial charge < -0.3 is 16.6 Å². The van der Waals surface area contributed by atoms with E-state index in [0.29, 0.717) is 10.8 Å². The highest BCUT2D eigenvalue weighted by Crippen LogP contribution is 2.43. The standard InChI is InChI=1S/C23H14N2O4/c24-21(26)14-8-7-12-11-5-1-3-10-4-2-6-13(17(10)11)18-16(23(28)29)9-15(22(25)27)19(14)20(12)18/h1-9H,(H2,24,26)(H2,25,27)(H,28,29). The predicted molar refractivity (Wildman–Crippen MR) is 112 cm³/mol. The molecule has 0 unspecified atom stereocenters. The van der Waals surface area contributed by atoms with E-state index in [0.717, 1.165) is 26.9 Å². The van der Waals surface area contributed by atoms with E-state index < -0.39 is 17.8 Å². The fourth-order valence-electron chi connectivity index (χ4n) is 4.41. The zero-order valence-electron chi connectivity index (χ0n) is 15.0. The first-order chi connectivity index (χ1) is 13.9. The number of hydrogen-bond acceptors (Lipinski definition) is 3. The molecule has 29 heavy (non-hydrogen) atoms. The van der Waals surface area contributed by atoms with Gasteiger partial charge in [0.15, 0.2) is 0 Å². The van der Waals surface area contributed by atoms with Crippen LogP contribution in [-0.4, -0.2) is 22.9 Å². The van der Waals surface area contributed by atoms with Crippen LogP contribution in [0, 0.1) is 0 Å². The molecule has 0 aliphatic rings. The van der Waals surface area contributed by atoms with E-state index in [9.17, 15) is 19.5 Å². The molecular weight excluding hydrogens is 368 g/mol. The van der Waals surface area contributed by atoms with Crippen LogP contribution in [-0.2, 0) is 0 Å². The van der Waals surface area contributed by atoms with Crippen molar-refractivity contribution in [2.24, 2.45) is 11.5 Å². The van der Waals surface area contributed by atoms with Crippen LogP contribution in [0.5, 0.6) is 0 Å². The van der Waals surface area contributed by atoms with Gasteiger partial charge in [0.25, 0.3) is 0 Å². The molecule has 0 spiro atoms. The zero-order valence-corrected chi connectivity index (χ0v) is 15.0. The molecule has 5 N–H and O–H groups in total. The van der Waals surface area contributed by atoms with Crippen LogP contribution in [0.4, 0.5) is 0 Å². The van der Waals surface area contributed by atoms with Crippen LogP contribution in [0.3, 0.4) is 0 Å². The minimum absolute atomic E-state index is 0.0386. The third-order valence-electron chi connectivity index (χ3n) is 5.51. The molecule has 6 nitrogen and oxygen atoms in total. The van der Waals surface area contributed by atoms with Gasteiger partial charge in [0.2, 0.25) is 11.8 Å². The molecule has 140 valence electrons. The van der Waals surface area contributed by atoms with E-state index >= 15 is 0 Å². The van der Waals surface area contributed by atoms with Crippen molar-refractivity contribution in [3.63, 3.8) is 0 Å². The molecule has 0 fully saturated rings. The summed E-state index contributed by atoms with van der Waals surface area (Å²) in [7, 11) is 0. The molecule has 0 saturated heterocycles. The number of carbonyl (C=O) groups excluding carboxylic acids is 2. The second-order valence-corrected chi connectivity index (χ2v) is 7.00. The Morgan fingerprint density at radius 2 is 1.24 bits per heavy atom. The molecular formula is C23H14N2O4. The number of carboxylic acids is 1. The summed E-state index contributed by atoms with van der Waals surface area (Å²) in [6, 6.07) is 16.0. The van der Waals surface area contributed by atoms with Gasteiger partial charge in [-0.3, -0.25) is 9.59 Å². The van der Waals surface area contributed by atoms with Gasteiger partial charge >= 0.3 is 5.97 Å². The van der Waals surface area contributed by atoms with E-state index in [2.05, 4.69) is 0 Å². The van der Waals surface area contributed by atoms with Crippen molar-refractivity contribution in [2.45, 2.75) is 0 Å². The van der Waals surface area contributed by atoms with Crippen molar-refractivity contribution >= 4 is 60.9 Å². The highest BCUT2D eigenvalue weighted by Gasteiger charge is 2.25. The fraction of sp³-hybridized carbons (Fsp3) is 0. The van der Waals surface area contributed by atoms with Gasteiger partial charge in [0.1, 0.15) is 0 Å². The van der Waals surface area contributed by atoms with Crippen molar-refractivity contribution in [1.29, 1.82) is 0 Å². The molecule has 2 amide bonds. The van der Waals surface area contributed by atoms with E-state index in [1.54, 1.807) is 12.1 Å². The van der Waals surface area contributed by atoms with Gasteiger partial charge in [-0.2, -0.15) is 0 Å². The Hall–Kier alpha value is -4.19. The Kier molecular flexibility index (Phi) is 3.30. The summed E-state index contributed by atoms with van der Waals surface area (Å²) >= 11 is 0. The highest BCUT2D eigenvalue weighted by atomic mass is 16.4. The summed E-state index contributed by atoms with van der Waals surface area (Å²) < 4.78 is 0. The van der Waals surface area contributed by atoms with E-state index in [-0.39, 0.29) is 22.1 Å². The summed E-state index contributed by atoms with van der Waals surface area (Å²) in [5.74, 6) is -2.72. The Balaban J connectivity index is 2.26. The molecule has 0 aliphatic heterocycles. The first-order valence-corrected chi connectivity index (χ1v) is 8.89. The number of carbonyl (C=O) groups is 3. The van der Waals surface area contributed by atoms with Crippen molar-refractivity contribution in [1.82, 2.24) is 0 Å². The van der Waals surface area contributed by atoms with Gasteiger partial charge in [0.05, 0.1) is 5.56 Å². The Labute approximate surface area is 163 Å². The third-order valence-corrected chi connectivity index (χ3v) is 5.51. The summed E-state index contributed by atoms with van der Waals surface area (Å²) in [6.07, 6.45) is 0. The summed E-state index contributed by atoms with van der Waals surface area (Å²) in [5.41, 5.74) is 11.2. The number of primary amides is 2. The summed E-state index contributed by atoms with van der Waals surface area (Å²) in [6.45, 7) is 0. The lowest BCUT2D eigenvalue weighted by Crippen LogP contribution is -2.18. The highest BCUT2D eigenvalue weighted by molar-refractivity contribution is 6.38. The van der Waals surface area contributed by atoms with E-state index in [4.69, 9.17) is 11.5 Å². The number of benzene rings is 5. The van der Waals surface area contributed by atoms with Gasteiger partial charge in [0, 0.05) is 21.9 Å². The fourth-order valence-corrected chi connectivity index (χ4v) is 4.41. The van der Waals surface area contributed by atoms with Crippen LogP contribution >= 0.6 is 0 Å². The van der Waals surface area contributed by atoms with Crippen LogP contribution < -0.4 is 11.5 Å². The van der Waals surface area contributed by atoms with Crippen molar-refractivity contribution in [2.75, 3.05) is 0 Å². The number of carboxylic acid groups (broad SMARTS) is 1. The average Bonchev–Trinajstić information content (AvgIpc) is 2.70. The molecule has 6 heteroatoms. The molecule has 0 bridgehead atoms. The van der Waals surface area contributed by atoms with Crippen molar-refractivity contribution in [3.05, 3.63) is 71.3 Å². The molecule has 5 rings (SSSR count). The first-order valence-electron chi connectivity index (χ1n) is 8.89. The largest absolute Gasteiger partial charge is 0.478 e. The molecule has 0 saturated carbocycles. The minimum Gasteiger partial charge on any atom is -0.478 e. The quantitative estimate of drug-likeness (QED) is 0.325. The van der Waals surface area contributed by atoms with Crippen LogP contribution in [0.2, 0.25) is 0 Å². The number of amides is 2. The number of fused-ring (bicyclic) bond motifs is 2. The maximum Gasteiger partial charge on any atom is 0.336 e. The van der Waals surface area contributed by atoms with Gasteiger partial charge in [-0.15, -0.1) is 0 Å². The molecule has 0 aliphatic carbocycles. The second kappa shape index (κ2) is 5.65. The summed E-state index contributed by atoms with van der Waals surface area (Å²) in [5, 5.41) is 15.4. The molecule has 5 aromatic carbocycles. The zero-order chi connectivity index (χ0) is 20.4. The molecule has 5 aromatic rings. The van der Waals surface area contributed by atoms with Crippen molar-refractivity contribution in [3.8, 4) is 0 Å². The Bertz CT molecular complexity index is 1530. The maximum absolute atomic E-state index is 12.2. The second-order valence-electron chi connectivity index (χ2n) is 7.00. The lowest BCUT2D eigenvalue weighted by molar-refractivity contribution is 0.0699. The topological polar surface area (TPSA) is 123 Å². The predicted octanol–water partition coefficient (Wildman–Crippen LogP) is 3.63. The normalized spacial score (nSPS) is 11.6. The monoisotopic (exact) mass is 382 g/mol. The van der Waals surface area contributed by atoms with Gasteiger partial charge in [-0.05, 0) is 44.5 Å². The number of aromatic carboxylic acids is 1. The van der Waals surface area contributed by atoms with Crippen LogP contribution in [0.1, 0.15) is 31.1 Å². The molecule has 0 radical (unpaired) electrons. The van der Waals surface area contributed by atoms with E-state index in [1.807, 2.05) is 36.4 Å². The van der Waals surface area contributed by atoms with Crippen molar-refractivity contribution < 1.29 is 19.5 Å². The summed E-state index contributed by atoms with van der Waals surface area (Å²) in [4.78, 5) is 36.5. The van der Waals surface area contributed by atoms with Gasteiger partial charge in [-0.25, -0.2) is 4.79 Å². The number of rotatable bonds is 3. The van der Waals surface area contributed by atoms with E-state index in [1.165, 1.54) is 6.07 Å². The van der Waals surface area contributed by atoms with Gasteiger partial charge in [-0.1, -0.05) is 42.5 Å². The first kappa shape index (κ1) is 16.9. The molecule has 0 atom stereocenters. The maximum atomic E-state index is 12.2. The smallest absolute Gasteiger partial charge is 0.336 e. The minimum atomic E-state index is -1.18. The molecule has 0 heterocycles. The molecule has 0 aromatic heterocycles. The average molecular weight is 382 g/mol. The lowest BCUT2D eigenvalue weighted by atomic mass is 9.84. The SMILES string of the molecule is NC(=O)c1ccc2c3cccc4cccc(c5c(C(=O)O)cc(C(N)=O)c1c25)c43. The number of nitrogens with two attached hydrogens (primary N) is 2. The Morgan fingerprint density at radius 1 is 0.621 bits per heavy atom. The Morgan fingerprint density at radius 3 is 1.86 bits per heavy atom. The number of hydrogen-bond donors (Lipinski definition) is 3. The lowest BCUT2D eigenvalue weighted by Gasteiger charge is -2.19. The third kappa shape index (κ3) is 2.14. The van der Waals surface area contributed by atoms with Crippen LogP contribution in [0.15, 0.2) is 54.6 Å². The van der Waals surface area contributed by atoms with Crippen LogP contribution in [0.25, 0.3) is 43.1 Å².